The van der Waals surface area contributed by atoms with Crippen LogP contribution in [0, 0.1) is 5.92 Å². The Morgan fingerprint density at radius 1 is 1.50 bits per heavy atom. The van der Waals surface area contributed by atoms with Gasteiger partial charge in [0.05, 0.1) is 12.2 Å². The molecule has 1 heterocycles. The second-order valence-electron chi connectivity index (χ2n) is 4.13. The van der Waals surface area contributed by atoms with Gasteiger partial charge in [0.15, 0.2) is 0 Å². The Bertz CT molecular complexity index is 154. The quantitative estimate of drug-likeness (QED) is 0.734. The van der Waals surface area contributed by atoms with E-state index in [2.05, 4.69) is 13.8 Å². The largest absolute Gasteiger partial charge is 0.381 e. The Kier molecular flexibility index (Phi) is 4.35. The molecule has 2 atom stereocenters. The van der Waals surface area contributed by atoms with E-state index < -0.39 is 0 Å². The second-order valence-corrected chi connectivity index (χ2v) is 4.13. The number of methoxy groups -OCH3 is 1. The summed E-state index contributed by atoms with van der Waals surface area (Å²) in [6.07, 6.45) is 3.02. The molecule has 0 aromatic rings. The Balaban J connectivity index is 2.65. The number of hydrogen-bond donors (Lipinski definition) is 1. The molecule has 0 spiro atoms. The second kappa shape index (κ2) is 5.10. The van der Waals surface area contributed by atoms with Crippen molar-refractivity contribution < 1.29 is 9.47 Å². The fourth-order valence-corrected chi connectivity index (χ4v) is 2.41. The normalized spacial score (nSPS) is 25.3. The lowest BCUT2D eigenvalue weighted by Gasteiger charge is -2.38. The SMILES string of the molecule is CCC(CC)(OC)C(N)C1CCOC1. The molecule has 1 aliphatic rings. The van der Waals surface area contributed by atoms with E-state index in [4.69, 9.17) is 15.2 Å². The maximum Gasteiger partial charge on any atom is 0.0827 e. The molecule has 1 fully saturated rings. The smallest absolute Gasteiger partial charge is 0.0827 e. The van der Waals surface area contributed by atoms with Crippen LogP contribution in [-0.4, -0.2) is 32.0 Å². The fourth-order valence-electron chi connectivity index (χ4n) is 2.41. The van der Waals surface area contributed by atoms with Gasteiger partial charge in [-0.25, -0.2) is 0 Å². The number of rotatable bonds is 5. The molecule has 2 unspecified atom stereocenters. The third-order valence-corrected chi connectivity index (χ3v) is 3.68. The molecule has 3 heteroatoms. The van der Waals surface area contributed by atoms with E-state index in [0.717, 1.165) is 32.5 Å². The van der Waals surface area contributed by atoms with Crippen LogP contribution in [0.15, 0.2) is 0 Å². The van der Waals surface area contributed by atoms with E-state index in [1.54, 1.807) is 7.11 Å². The summed E-state index contributed by atoms with van der Waals surface area (Å²) >= 11 is 0. The summed E-state index contributed by atoms with van der Waals surface area (Å²) in [4.78, 5) is 0. The molecule has 0 saturated carbocycles. The van der Waals surface area contributed by atoms with Crippen molar-refractivity contribution >= 4 is 0 Å². The first kappa shape index (κ1) is 12.0. The van der Waals surface area contributed by atoms with Gasteiger partial charge in [-0.2, -0.15) is 0 Å². The Labute approximate surface area is 86.9 Å². The minimum absolute atomic E-state index is 0.102. The molecule has 0 radical (unpaired) electrons. The van der Waals surface area contributed by atoms with Crippen LogP contribution in [0.5, 0.6) is 0 Å². The monoisotopic (exact) mass is 201 g/mol. The van der Waals surface area contributed by atoms with Gasteiger partial charge in [-0.15, -0.1) is 0 Å². The van der Waals surface area contributed by atoms with Gasteiger partial charge in [-0.3, -0.25) is 0 Å². The molecule has 2 N–H and O–H groups in total. The summed E-state index contributed by atoms with van der Waals surface area (Å²) in [5.74, 6) is 0.467. The topological polar surface area (TPSA) is 44.5 Å². The van der Waals surface area contributed by atoms with E-state index in [9.17, 15) is 0 Å². The first-order valence-electron chi connectivity index (χ1n) is 5.58. The zero-order valence-corrected chi connectivity index (χ0v) is 9.58. The Morgan fingerprint density at radius 3 is 2.50 bits per heavy atom. The zero-order chi connectivity index (χ0) is 10.6. The number of hydrogen-bond acceptors (Lipinski definition) is 3. The highest BCUT2D eigenvalue weighted by atomic mass is 16.5. The van der Waals surface area contributed by atoms with E-state index in [0.29, 0.717) is 5.92 Å². The standard InChI is InChI=1S/C11H23NO2/c1-4-11(5-2,13-3)10(12)9-6-7-14-8-9/h9-10H,4-8,12H2,1-3H3. The lowest BCUT2D eigenvalue weighted by molar-refractivity contribution is -0.0524. The first-order chi connectivity index (χ1) is 6.70. The van der Waals surface area contributed by atoms with E-state index in [1.807, 2.05) is 0 Å². The minimum Gasteiger partial charge on any atom is -0.381 e. The summed E-state index contributed by atoms with van der Waals surface area (Å²) in [5, 5.41) is 0. The van der Waals surface area contributed by atoms with Crippen LogP contribution in [0.3, 0.4) is 0 Å². The Hall–Kier alpha value is -0.120. The molecule has 1 aliphatic heterocycles. The van der Waals surface area contributed by atoms with Crippen LogP contribution in [-0.2, 0) is 9.47 Å². The predicted molar refractivity (Wildman–Crippen MR) is 57.2 cm³/mol. The van der Waals surface area contributed by atoms with Gasteiger partial charge in [0.25, 0.3) is 0 Å². The molecular formula is C11H23NO2. The maximum absolute atomic E-state index is 6.28. The molecule has 14 heavy (non-hydrogen) atoms. The van der Waals surface area contributed by atoms with Crippen molar-refractivity contribution in [3.8, 4) is 0 Å². The number of ether oxygens (including phenoxy) is 2. The highest BCUT2D eigenvalue weighted by molar-refractivity contribution is 4.94. The van der Waals surface area contributed by atoms with Gasteiger partial charge < -0.3 is 15.2 Å². The molecule has 1 rings (SSSR count). The van der Waals surface area contributed by atoms with Crippen molar-refractivity contribution in [1.82, 2.24) is 0 Å². The van der Waals surface area contributed by atoms with Crippen LogP contribution in [0.1, 0.15) is 33.1 Å². The first-order valence-corrected chi connectivity index (χ1v) is 5.58. The summed E-state index contributed by atoms with van der Waals surface area (Å²) < 4.78 is 11.0. The summed E-state index contributed by atoms with van der Waals surface area (Å²) in [6, 6.07) is 0.102. The van der Waals surface area contributed by atoms with Crippen molar-refractivity contribution in [2.24, 2.45) is 11.7 Å². The maximum atomic E-state index is 6.28. The van der Waals surface area contributed by atoms with Gasteiger partial charge >= 0.3 is 0 Å². The van der Waals surface area contributed by atoms with Gasteiger partial charge in [0.1, 0.15) is 0 Å². The van der Waals surface area contributed by atoms with E-state index in [1.165, 1.54) is 0 Å². The summed E-state index contributed by atoms with van der Waals surface area (Å²) in [5.41, 5.74) is 6.13. The minimum atomic E-state index is -0.154. The molecule has 84 valence electrons. The summed E-state index contributed by atoms with van der Waals surface area (Å²) in [7, 11) is 1.77. The fraction of sp³-hybridized carbons (Fsp3) is 1.00. The van der Waals surface area contributed by atoms with Gasteiger partial charge in [0, 0.05) is 25.7 Å². The molecule has 0 aromatic carbocycles. The van der Waals surface area contributed by atoms with Crippen molar-refractivity contribution in [3.63, 3.8) is 0 Å². The van der Waals surface area contributed by atoms with Gasteiger partial charge in [0.2, 0.25) is 0 Å². The molecule has 0 aliphatic carbocycles. The van der Waals surface area contributed by atoms with Crippen LogP contribution in [0.25, 0.3) is 0 Å². The third-order valence-electron chi connectivity index (χ3n) is 3.68. The highest BCUT2D eigenvalue weighted by Gasteiger charge is 2.39. The lowest BCUT2D eigenvalue weighted by atomic mass is 9.80. The van der Waals surface area contributed by atoms with Crippen molar-refractivity contribution in [2.45, 2.75) is 44.8 Å². The van der Waals surface area contributed by atoms with E-state index >= 15 is 0 Å². The van der Waals surface area contributed by atoms with Crippen molar-refractivity contribution in [3.05, 3.63) is 0 Å². The van der Waals surface area contributed by atoms with Crippen LogP contribution in [0.2, 0.25) is 0 Å². The predicted octanol–water partition coefficient (Wildman–Crippen LogP) is 1.56. The van der Waals surface area contributed by atoms with Gasteiger partial charge in [-0.05, 0) is 19.3 Å². The van der Waals surface area contributed by atoms with Crippen LogP contribution < -0.4 is 5.73 Å². The van der Waals surface area contributed by atoms with Gasteiger partial charge in [-0.1, -0.05) is 13.8 Å². The molecule has 0 bridgehead atoms. The lowest BCUT2D eigenvalue weighted by Crippen LogP contribution is -2.53. The molecule has 1 saturated heterocycles. The van der Waals surface area contributed by atoms with Crippen LogP contribution in [0.4, 0.5) is 0 Å². The highest BCUT2D eigenvalue weighted by Crippen LogP contribution is 2.30. The zero-order valence-electron chi connectivity index (χ0n) is 9.58. The molecule has 0 aromatic heterocycles. The third kappa shape index (κ3) is 2.10. The average Bonchev–Trinajstić information content (AvgIpc) is 2.74. The van der Waals surface area contributed by atoms with Crippen LogP contribution >= 0.6 is 0 Å². The summed E-state index contributed by atoms with van der Waals surface area (Å²) in [6.45, 7) is 5.93. The average molecular weight is 201 g/mol. The molecule has 0 amide bonds. The number of nitrogens with two attached hydrogens (primary N) is 1. The molecular weight excluding hydrogens is 178 g/mol. The van der Waals surface area contributed by atoms with Crippen molar-refractivity contribution in [2.75, 3.05) is 20.3 Å². The molecule has 3 nitrogen and oxygen atoms in total. The Morgan fingerprint density at radius 2 is 2.14 bits per heavy atom. The van der Waals surface area contributed by atoms with Crippen molar-refractivity contribution in [1.29, 1.82) is 0 Å². The van der Waals surface area contributed by atoms with E-state index in [-0.39, 0.29) is 11.6 Å².